The molecule has 0 aliphatic carbocycles. The summed E-state index contributed by atoms with van der Waals surface area (Å²) in [5.74, 6) is -1.57. The standard InChI is InChI=1S/C28H39N3O6S/c1-17(2)24(31(6)19(4)32)15-25(37-20(5)33)27-30-23(16-38-27)26(34)29-22(13-18(3)28(35)36-7)14-21-11-9-8-10-12-21/h8-12,16-18,22,24-25H,13-15H2,1-7H3,(H,29,34)/t18-,22+,24+,25+/m0/s1. The third kappa shape index (κ3) is 9.24. The van der Waals surface area contributed by atoms with E-state index in [9.17, 15) is 19.2 Å². The summed E-state index contributed by atoms with van der Waals surface area (Å²) in [6.45, 7) is 8.58. The first-order chi connectivity index (χ1) is 17.9. The number of rotatable bonds is 13. The molecule has 0 fully saturated rings. The fourth-order valence-corrected chi connectivity index (χ4v) is 5.18. The fourth-order valence-electron chi connectivity index (χ4n) is 4.35. The molecule has 4 atom stereocenters. The molecule has 0 unspecified atom stereocenters. The van der Waals surface area contributed by atoms with E-state index in [1.54, 1.807) is 24.3 Å². The average molecular weight is 546 g/mol. The van der Waals surface area contributed by atoms with Gasteiger partial charge in [-0.25, -0.2) is 4.98 Å². The van der Waals surface area contributed by atoms with Gasteiger partial charge < -0.3 is 19.7 Å². The van der Waals surface area contributed by atoms with Crippen LogP contribution in [0.15, 0.2) is 35.7 Å². The van der Waals surface area contributed by atoms with E-state index in [-0.39, 0.29) is 41.5 Å². The topological polar surface area (TPSA) is 115 Å². The predicted molar refractivity (Wildman–Crippen MR) is 146 cm³/mol. The molecule has 2 rings (SSSR count). The molecule has 0 saturated carbocycles. The Hall–Kier alpha value is -3.27. The van der Waals surface area contributed by atoms with E-state index in [0.717, 1.165) is 5.56 Å². The molecule has 0 radical (unpaired) electrons. The van der Waals surface area contributed by atoms with Crippen LogP contribution in [0.3, 0.4) is 0 Å². The Morgan fingerprint density at radius 3 is 2.26 bits per heavy atom. The van der Waals surface area contributed by atoms with E-state index >= 15 is 0 Å². The van der Waals surface area contributed by atoms with Gasteiger partial charge in [-0.2, -0.15) is 0 Å². The highest BCUT2D eigenvalue weighted by molar-refractivity contribution is 7.09. The number of hydrogen-bond donors (Lipinski definition) is 1. The van der Waals surface area contributed by atoms with Gasteiger partial charge in [0.05, 0.1) is 13.0 Å². The van der Waals surface area contributed by atoms with Gasteiger partial charge in [-0.15, -0.1) is 11.3 Å². The van der Waals surface area contributed by atoms with Crippen molar-refractivity contribution in [1.82, 2.24) is 15.2 Å². The van der Waals surface area contributed by atoms with Crippen LogP contribution < -0.4 is 5.32 Å². The Morgan fingerprint density at radius 2 is 1.71 bits per heavy atom. The van der Waals surface area contributed by atoms with E-state index in [2.05, 4.69) is 10.3 Å². The van der Waals surface area contributed by atoms with Gasteiger partial charge in [0.2, 0.25) is 5.91 Å². The summed E-state index contributed by atoms with van der Waals surface area (Å²) in [5.41, 5.74) is 1.23. The lowest BCUT2D eigenvalue weighted by Gasteiger charge is -2.32. The molecule has 38 heavy (non-hydrogen) atoms. The van der Waals surface area contributed by atoms with Gasteiger partial charge in [-0.3, -0.25) is 19.2 Å². The quantitative estimate of drug-likeness (QED) is 0.376. The zero-order valence-electron chi connectivity index (χ0n) is 23.2. The molecule has 1 heterocycles. The number of nitrogens with one attached hydrogen (secondary N) is 1. The number of amides is 2. The first-order valence-electron chi connectivity index (χ1n) is 12.7. The van der Waals surface area contributed by atoms with Gasteiger partial charge in [0.1, 0.15) is 10.7 Å². The molecule has 208 valence electrons. The lowest BCUT2D eigenvalue weighted by molar-refractivity contribution is -0.148. The smallest absolute Gasteiger partial charge is 0.308 e. The van der Waals surface area contributed by atoms with Crippen molar-refractivity contribution in [2.24, 2.45) is 11.8 Å². The minimum Gasteiger partial charge on any atom is -0.469 e. The maximum atomic E-state index is 13.2. The second-order valence-corrected chi connectivity index (χ2v) is 10.8. The fraction of sp³-hybridized carbons (Fsp3) is 0.536. The molecular formula is C28H39N3O6S. The average Bonchev–Trinajstić information content (AvgIpc) is 3.36. The van der Waals surface area contributed by atoms with E-state index in [4.69, 9.17) is 9.47 Å². The summed E-state index contributed by atoms with van der Waals surface area (Å²) in [6, 6.07) is 9.19. The number of carbonyl (C=O) groups is 4. The van der Waals surface area contributed by atoms with Crippen molar-refractivity contribution < 1.29 is 28.7 Å². The Bertz CT molecular complexity index is 1090. The Kier molecular flexibility index (Phi) is 11.9. The number of methoxy groups -OCH3 is 1. The van der Waals surface area contributed by atoms with Crippen molar-refractivity contribution in [1.29, 1.82) is 0 Å². The van der Waals surface area contributed by atoms with Crippen molar-refractivity contribution in [3.05, 3.63) is 52.0 Å². The summed E-state index contributed by atoms with van der Waals surface area (Å²) in [4.78, 5) is 55.3. The number of ether oxygens (including phenoxy) is 2. The summed E-state index contributed by atoms with van der Waals surface area (Å²) in [5, 5.41) is 5.12. The third-order valence-corrected chi connectivity index (χ3v) is 7.40. The van der Waals surface area contributed by atoms with Crippen LogP contribution in [-0.4, -0.2) is 59.9 Å². The number of nitrogens with zero attached hydrogens (tertiary/aromatic N) is 2. The van der Waals surface area contributed by atoms with E-state index in [1.165, 1.54) is 32.3 Å². The predicted octanol–water partition coefficient (Wildman–Crippen LogP) is 4.18. The molecule has 0 spiro atoms. The molecule has 0 aliphatic rings. The van der Waals surface area contributed by atoms with Gasteiger partial charge >= 0.3 is 11.9 Å². The molecule has 1 aromatic heterocycles. The van der Waals surface area contributed by atoms with Crippen LogP contribution >= 0.6 is 11.3 Å². The second-order valence-electron chi connectivity index (χ2n) is 9.87. The SMILES string of the molecule is COC(=O)[C@@H](C)C[C@H](Cc1ccccc1)NC(=O)c1csc([C@@H](C[C@H](C(C)C)N(C)C(C)=O)OC(C)=O)n1. The van der Waals surface area contributed by atoms with Crippen LogP contribution in [0.2, 0.25) is 0 Å². The summed E-state index contributed by atoms with van der Waals surface area (Å²) in [6.07, 6.45) is 0.588. The van der Waals surface area contributed by atoms with Gasteiger partial charge in [-0.1, -0.05) is 51.1 Å². The maximum absolute atomic E-state index is 13.2. The first kappa shape index (κ1) is 31.0. The van der Waals surface area contributed by atoms with Crippen LogP contribution in [0.1, 0.15) is 74.6 Å². The molecule has 0 bridgehead atoms. The van der Waals surface area contributed by atoms with E-state index in [1.807, 2.05) is 44.2 Å². The molecule has 2 amide bonds. The summed E-state index contributed by atoms with van der Waals surface area (Å²) < 4.78 is 10.4. The third-order valence-electron chi connectivity index (χ3n) is 6.46. The monoisotopic (exact) mass is 545 g/mol. The zero-order chi connectivity index (χ0) is 28.4. The highest BCUT2D eigenvalue weighted by Gasteiger charge is 2.30. The van der Waals surface area contributed by atoms with Gasteiger partial charge in [0.25, 0.3) is 5.91 Å². The van der Waals surface area contributed by atoms with Gasteiger partial charge in [0, 0.05) is 44.8 Å². The molecular weight excluding hydrogens is 506 g/mol. The van der Waals surface area contributed by atoms with Crippen molar-refractivity contribution in [2.75, 3.05) is 14.2 Å². The molecule has 9 nitrogen and oxygen atoms in total. The number of carbonyl (C=O) groups excluding carboxylic acids is 4. The molecule has 10 heteroatoms. The lowest BCUT2D eigenvalue weighted by Crippen LogP contribution is -2.40. The Morgan fingerprint density at radius 1 is 1.05 bits per heavy atom. The van der Waals surface area contributed by atoms with E-state index < -0.39 is 18.0 Å². The normalized spacial score (nSPS) is 14.2. The Labute approximate surface area is 228 Å². The van der Waals surface area contributed by atoms with Crippen molar-refractivity contribution in [3.63, 3.8) is 0 Å². The largest absolute Gasteiger partial charge is 0.469 e. The van der Waals surface area contributed by atoms with Crippen molar-refractivity contribution >= 4 is 35.1 Å². The van der Waals surface area contributed by atoms with E-state index in [0.29, 0.717) is 24.3 Å². The number of esters is 2. The van der Waals surface area contributed by atoms with Crippen LogP contribution in [0.4, 0.5) is 0 Å². The molecule has 1 N–H and O–H groups in total. The summed E-state index contributed by atoms with van der Waals surface area (Å²) >= 11 is 1.23. The number of aromatic nitrogens is 1. The van der Waals surface area contributed by atoms with Crippen LogP contribution in [0.25, 0.3) is 0 Å². The van der Waals surface area contributed by atoms with Crippen molar-refractivity contribution in [3.8, 4) is 0 Å². The van der Waals surface area contributed by atoms with Gasteiger partial charge in [-0.05, 0) is 24.3 Å². The van der Waals surface area contributed by atoms with Crippen LogP contribution in [0, 0.1) is 11.8 Å². The lowest BCUT2D eigenvalue weighted by atomic mass is 9.96. The Balaban J connectivity index is 2.24. The maximum Gasteiger partial charge on any atom is 0.308 e. The minimum atomic E-state index is -0.701. The minimum absolute atomic E-state index is 0.0879. The molecule has 1 aromatic carbocycles. The second kappa shape index (κ2) is 14.6. The zero-order valence-corrected chi connectivity index (χ0v) is 24.0. The number of benzene rings is 1. The number of hydrogen-bond acceptors (Lipinski definition) is 8. The van der Waals surface area contributed by atoms with Crippen molar-refractivity contribution in [2.45, 2.75) is 72.1 Å². The van der Waals surface area contributed by atoms with Gasteiger partial charge in [0.15, 0.2) is 6.10 Å². The molecule has 0 saturated heterocycles. The van der Waals surface area contributed by atoms with Crippen LogP contribution in [-0.2, 0) is 30.3 Å². The highest BCUT2D eigenvalue weighted by Crippen LogP contribution is 2.30. The molecule has 2 aromatic rings. The highest BCUT2D eigenvalue weighted by atomic mass is 32.1. The number of thiazole rings is 1. The first-order valence-corrected chi connectivity index (χ1v) is 13.6. The molecule has 0 aliphatic heterocycles. The summed E-state index contributed by atoms with van der Waals surface area (Å²) in [7, 11) is 3.07. The van der Waals surface area contributed by atoms with Crippen LogP contribution in [0.5, 0.6) is 0 Å².